The maximum Gasteiger partial charge on any atom is 0.310 e. The minimum atomic E-state index is -0.519. The number of carbonyl (C=O) groups is 1. The molecule has 0 amide bonds. The molecule has 1 rings (SSSR count). The Morgan fingerprint density at radius 3 is 2.65 bits per heavy atom. The van der Waals surface area contributed by atoms with Crippen molar-refractivity contribution in [2.45, 2.75) is 20.8 Å². The van der Waals surface area contributed by atoms with Gasteiger partial charge in [-0.15, -0.1) is 0 Å². The predicted octanol–water partition coefficient (Wildman–Crippen LogP) is 2.51. The lowest BCUT2D eigenvalue weighted by Gasteiger charge is -2.08. The summed E-state index contributed by atoms with van der Waals surface area (Å²) in [6.07, 6.45) is 0. The van der Waals surface area contributed by atoms with Gasteiger partial charge in [-0.2, -0.15) is 0 Å². The molecular weight excluding hydrogens is 222 g/mol. The number of rotatable bonds is 5. The molecule has 1 aromatic carbocycles. The van der Waals surface area contributed by atoms with E-state index in [1.807, 2.05) is 0 Å². The van der Waals surface area contributed by atoms with Crippen molar-refractivity contribution in [1.29, 1.82) is 0 Å². The Kier molecular flexibility index (Phi) is 4.20. The molecule has 0 spiro atoms. The molecule has 0 heterocycles. The fourth-order valence-electron chi connectivity index (χ4n) is 1.20. The van der Waals surface area contributed by atoms with Crippen LogP contribution in [0.25, 0.3) is 0 Å². The summed E-state index contributed by atoms with van der Waals surface area (Å²) < 4.78 is 5.21. The molecule has 0 aliphatic rings. The van der Waals surface area contributed by atoms with Gasteiger partial charge in [0.2, 0.25) is 0 Å². The van der Waals surface area contributed by atoms with Gasteiger partial charge < -0.3 is 4.74 Å². The summed E-state index contributed by atoms with van der Waals surface area (Å²) in [7, 11) is 0. The Hall–Kier alpha value is -1.91. The highest BCUT2D eigenvalue weighted by Crippen LogP contribution is 2.27. The summed E-state index contributed by atoms with van der Waals surface area (Å²) in [5.41, 5.74) is 0.731. The number of ether oxygens (including phenoxy) is 1. The van der Waals surface area contributed by atoms with Crippen LogP contribution in [0, 0.1) is 23.0 Å². The fraction of sp³-hybridized carbons (Fsp3) is 0.417. The van der Waals surface area contributed by atoms with E-state index in [-0.39, 0.29) is 29.7 Å². The summed E-state index contributed by atoms with van der Waals surface area (Å²) in [4.78, 5) is 21.6. The van der Waals surface area contributed by atoms with E-state index in [9.17, 15) is 14.9 Å². The number of hydrogen-bond acceptors (Lipinski definition) is 4. The second-order valence-electron chi connectivity index (χ2n) is 4.14. The number of nitro groups is 1. The molecule has 1 aromatic rings. The summed E-state index contributed by atoms with van der Waals surface area (Å²) in [6, 6.07) is 4.57. The van der Waals surface area contributed by atoms with E-state index >= 15 is 0 Å². The molecule has 0 fully saturated rings. The van der Waals surface area contributed by atoms with E-state index in [0.717, 1.165) is 5.56 Å². The van der Waals surface area contributed by atoms with Crippen molar-refractivity contribution in [2.75, 3.05) is 6.61 Å². The highest BCUT2D eigenvalue weighted by atomic mass is 16.6. The standard InChI is InChI=1S/C12H15NO4/c1-8(2)11(14)7-17-12-6-9(3)4-5-10(12)13(15)16/h4-6,8H,7H2,1-3H3. The Labute approximate surface area is 99.5 Å². The lowest BCUT2D eigenvalue weighted by Crippen LogP contribution is -2.17. The van der Waals surface area contributed by atoms with Crippen LogP contribution >= 0.6 is 0 Å². The second-order valence-corrected chi connectivity index (χ2v) is 4.14. The maximum atomic E-state index is 11.4. The van der Waals surface area contributed by atoms with Crippen LogP contribution in [0.1, 0.15) is 19.4 Å². The number of carbonyl (C=O) groups excluding carboxylic acids is 1. The number of Topliss-reactive ketones (excluding diaryl/α,β-unsaturated/α-hetero) is 1. The van der Waals surface area contributed by atoms with Gasteiger partial charge in [-0.05, 0) is 18.6 Å². The van der Waals surface area contributed by atoms with E-state index < -0.39 is 4.92 Å². The van der Waals surface area contributed by atoms with Crippen molar-refractivity contribution in [3.05, 3.63) is 33.9 Å². The monoisotopic (exact) mass is 237 g/mol. The Balaban J connectivity index is 2.86. The van der Waals surface area contributed by atoms with Gasteiger partial charge in [0.05, 0.1) is 4.92 Å². The summed E-state index contributed by atoms with van der Waals surface area (Å²) in [5.74, 6) is -0.0799. The maximum absolute atomic E-state index is 11.4. The predicted molar refractivity (Wildman–Crippen MR) is 63.2 cm³/mol. The Bertz CT molecular complexity index is 440. The average molecular weight is 237 g/mol. The summed E-state index contributed by atoms with van der Waals surface area (Å²) in [6.45, 7) is 5.19. The van der Waals surface area contributed by atoms with Gasteiger partial charge in [-0.1, -0.05) is 19.9 Å². The first kappa shape index (κ1) is 13.2. The van der Waals surface area contributed by atoms with Crippen molar-refractivity contribution in [2.24, 2.45) is 5.92 Å². The van der Waals surface area contributed by atoms with Crippen LogP contribution in [0.5, 0.6) is 5.75 Å². The van der Waals surface area contributed by atoms with Gasteiger partial charge in [0.15, 0.2) is 11.5 Å². The molecule has 0 atom stereocenters. The number of aryl methyl sites for hydroxylation is 1. The number of hydrogen-bond donors (Lipinski definition) is 0. The minimum Gasteiger partial charge on any atom is -0.479 e. The quantitative estimate of drug-likeness (QED) is 0.582. The van der Waals surface area contributed by atoms with Crippen LogP contribution in [0.2, 0.25) is 0 Å². The van der Waals surface area contributed by atoms with E-state index in [1.165, 1.54) is 6.07 Å². The molecule has 5 nitrogen and oxygen atoms in total. The van der Waals surface area contributed by atoms with Crippen molar-refractivity contribution < 1.29 is 14.5 Å². The van der Waals surface area contributed by atoms with E-state index in [2.05, 4.69) is 0 Å². The molecule has 0 aliphatic heterocycles. The van der Waals surface area contributed by atoms with Crippen LogP contribution in [0.3, 0.4) is 0 Å². The molecule has 17 heavy (non-hydrogen) atoms. The molecule has 92 valence electrons. The molecule has 0 aromatic heterocycles. The second kappa shape index (κ2) is 5.43. The first-order valence-corrected chi connectivity index (χ1v) is 5.32. The van der Waals surface area contributed by atoms with E-state index in [0.29, 0.717) is 0 Å². The summed E-state index contributed by atoms with van der Waals surface area (Å²) in [5, 5.41) is 10.8. The van der Waals surface area contributed by atoms with Crippen LogP contribution < -0.4 is 4.74 Å². The van der Waals surface area contributed by atoms with Gasteiger partial charge in [0.25, 0.3) is 0 Å². The number of nitrogens with zero attached hydrogens (tertiary/aromatic N) is 1. The highest BCUT2D eigenvalue weighted by molar-refractivity contribution is 5.81. The first-order chi connectivity index (χ1) is 7.91. The lowest BCUT2D eigenvalue weighted by molar-refractivity contribution is -0.385. The zero-order valence-corrected chi connectivity index (χ0v) is 10.1. The van der Waals surface area contributed by atoms with Crippen LogP contribution in [0.15, 0.2) is 18.2 Å². The van der Waals surface area contributed by atoms with Crippen LogP contribution in [-0.2, 0) is 4.79 Å². The van der Waals surface area contributed by atoms with Gasteiger partial charge in [-0.25, -0.2) is 0 Å². The van der Waals surface area contributed by atoms with Crippen molar-refractivity contribution >= 4 is 11.5 Å². The van der Waals surface area contributed by atoms with Crippen LogP contribution in [-0.4, -0.2) is 17.3 Å². The highest BCUT2D eigenvalue weighted by Gasteiger charge is 2.16. The topological polar surface area (TPSA) is 69.4 Å². The van der Waals surface area contributed by atoms with E-state index in [1.54, 1.807) is 32.9 Å². The summed E-state index contributed by atoms with van der Waals surface area (Å²) >= 11 is 0. The molecule has 5 heteroatoms. The smallest absolute Gasteiger partial charge is 0.310 e. The SMILES string of the molecule is Cc1ccc([N+](=O)[O-])c(OCC(=O)C(C)C)c1. The molecule has 0 bridgehead atoms. The van der Waals surface area contributed by atoms with Crippen molar-refractivity contribution in [1.82, 2.24) is 0 Å². The molecule has 0 N–H and O–H groups in total. The average Bonchev–Trinajstić information content (AvgIpc) is 2.25. The van der Waals surface area contributed by atoms with Gasteiger partial charge in [-0.3, -0.25) is 14.9 Å². The Morgan fingerprint density at radius 2 is 2.12 bits per heavy atom. The number of ketones is 1. The molecule has 0 unspecified atom stereocenters. The molecule has 0 saturated carbocycles. The molecular formula is C12H15NO4. The zero-order chi connectivity index (χ0) is 13.0. The van der Waals surface area contributed by atoms with Crippen molar-refractivity contribution in [3.63, 3.8) is 0 Å². The molecule has 0 saturated heterocycles. The van der Waals surface area contributed by atoms with Gasteiger partial charge in [0.1, 0.15) is 6.61 Å². The first-order valence-electron chi connectivity index (χ1n) is 5.32. The van der Waals surface area contributed by atoms with Gasteiger partial charge in [0, 0.05) is 12.0 Å². The third-order valence-electron chi connectivity index (χ3n) is 2.33. The third kappa shape index (κ3) is 3.55. The third-order valence-corrected chi connectivity index (χ3v) is 2.33. The van der Waals surface area contributed by atoms with E-state index in [4.69, 9.17) is 4.74 Å². The Morgan fingerprint density at radius 1 is 1.47 bits per heavy atom. The fourth-order valence-corrected chi connectivity index (χ4v) is 1.20. The van der Waals surface area contributed by atoms with Gasteiger partial charge >= 0.3 is 5.69 Å². The normalized spacial score (nSPS) is 10.4. The molecule has 0 radical (unpaired) electrons. The van der Waals surface area contributed by atoms with Crippen molar-refractivity contribution in [3.8, 4) is 5.75 Å². The number of nitro benzene ring substituents is 1. The molecule has 0 aliphatic carbocycles. The number of benzene rings is 1. The van der Waals surface area contributed by atoms with Crippen LogP contribution in [0.4, 0.5) is 5.69 Å². The lowest BCUT2D eigenvalue weighted by atomic mass is 10.1. The minimum absolute atomic E-state index is 0.0826. The largest absolute Gasteiger partial charge is 0.479 e. The zero-order valence-electron chi connectivity index (χ0n) is 10.1.